The molecule has 30 heavy (non-hydrogen) atoms. The van der Waals surface area contributed by atoms with E-state index in [0.29, 0.717) is 23.7 Å². The maximum Gasteiger partial charge on any atom is 0.420 e. The smallest absolute Gasteiger partial charge is 0.420 e. The Morgan fingerprint density at radius 3 is 2.67 bits per heavy atom. The highest BCUT2D eigenvalue weighted by Gasteiger charge is 2.45. The van der Waals surface area contributed by atoms with E-state index in [1.165, 1.54) is 4.68 Å². The molecule has 0 saturated carbocycles. The minimum atomic E-state index is -5.13. The second kappa shape index (κ2) is 7.83. The van der Waals surface area contributed by atoms with Gasteiger partial charge >= 0.3 is 12.3 Å². The lowest BCUT2D eigenvalue weighted by atomic mass is 10.0. The number of carbonyl (C=O) groups is 1. The number of benzene rings is 1. The average molecular weight is 452 g/mol. The Labute approximate surface area is 168 Å². The predicted octanol–water partition coefficient (Wildman–Crippen LogP) is 2.08. The van der Waals surface area contributed by atoms with Gasteiger partial charge in [-0.1, -0.05) is 11.3 Å². The van der Waals surface area contributed by atoms with E-state index in [2.05, 4.69) is 14.5 Å². The van der Waals surface area contributed by atoms with Crippen molar-refractivity contribution in [2.45, 2.75) is 31.8 Å². The van der Waals surface area contributed by atoms with E-state index in [1.807, 2.05) is 0 Å². The van der Waals surface area contributed by atoms with E-state index in [-0.39, 0.29) is 31.6 Å². The first-order valence-electron chi connectivity index (χ1n) is 8.47. The minimum absolute atomic E-state index is 0.0245. The first-order valence-corrected chi connectivity index (χ1v) is 10.3. The van der Waals surface area contributed by atoms with Gasteiger partial charge in [-0.05, 0) is 23.3 Å². The number of alkyl halides is 3. The van der Waals surface area contributed by atoms with Crippen molar-refractivity contribution in [1.82, 2.24) is 19.9 Å². The Morgan fingerprint density at radius 1 is 1.37 bits per heavy atom. The molecule has 0 bridgehead atoms. The molecule has 1 atom stereocenters. The quantitative estimate of drug-likeness (QED) is 0.546. The summed E-state index contributed by atoms with van der Waals surface area (Å²) in [6.07, 6.45) is -8.47. The molecule has 0 fully saturated rings. The number of fused-ring (bicyclic) bond motifs is 1. The Balaban J connectivity index is 1.98. The highest BCUT2D eigenvalue weighted by atomic mass is 32.2. The lowest BCUT2D eigenvalue weighted by Gasteiger charge is -2.24. The molecule has 0 aliphatic carbocycles. The molecule has 1 aromatic heterocycles. The molecule has 1 aliphatic heterocycles. The zero-order valence-electron chi connectivity index (χ0n) is 15.4. The second-order valence-corrected chi connectivity index (χ2v) is 8.26. The standard InChI is InChI=1S/C16H16F4N4O5S/c1-30(27,28)29-14(16(18,19)20)11-6-10(17)3-2-9(11)7-24-13-4-5-23(15(25)26)8-12(13)21-22-24/h2-3,6,14H,4-5,7-8H2,1H3,(H,25,26). The first kappa shape index (κ1) is 22.0. The van der Waals surface area contributed by atoms with Crippen molar-refractivity contribution in [2.24, 2.45) is 0 Å². The number of amides is 1. The molecule has 1 aliphatic rings. The third-order valence-electron chi connectivity index (χ3n) is 4.43. The maximum atomic E-state index is 13.7. The fourth-order valence-electron chi connectivity index (χ4n) is 3.13. The Bertz CT molecular complexity index is 1070. The zero-order valence-corrected chi connectivity index (χ0v) is 16.2. The van der Waals surface area contributed by atoms with E-state index in [0.717, 1.165) is 17.0 Å². The van der Waals surface area contributed by atoms with Gasteiger partial charge in [0.15, 0.2) is 6.10 Å². The van der Waals surface area contributed by atoms with Crippen molar-refractivity contribution >= 4 is 16.2 Å². The fraction of sp³-hybridized carbons (Fsp3) is 0.438. The lowest BCUT2D eigenvalue weighted by molar-refractivity contribution is -0.196. The molecular formula is C16H16F4N4O5S. The summed E-state index contributed by atoms with van der Waals surface area (Å²) in [5, 5.41) is 16.8. The Hall–Kier alpha value is -2.74. The van der Waals surface area contributed by atoms with E-state index in [1.54, 1.807) is 0 Å². The van der Waals surface area contributed by atoms with Crippen LogP contribution in [0, 0.1) is 5.82 Å². The van der Waals surface area contributed by atoms with Gasteiger partial charge in [0.25, 0.3) is 10.1 Å². The van der Waals surface area contributed by atoms with Crippen molar-refractivity contribution in [2.75, 3.05) is 12.8 Å². The van der Waals surface area contributed by atoms with Crippen LogP contribution in [0.3, 0.4) is 0 Å². The molecule has 2 aromatic rings. The van der Waals surface area contributed by atoms with Crippen molar-refractivity contribution in [1.29, 1.82) is 0 Å². The van der Waals surface area contributed by atoms with Crippen LogP contribution >= 0.6 is 0 Å². The Morgan fingerprint density at radius 2 is 2.07 bits per heavy atom. The van der Waals surface area contributed by atoms with Gasteiger partial charge < -0.3 is 10.0 Å². The van der Waals surface area contributed by atoms with Crippen LogP contribution in [-0.4, -0.2) is 58.5 Å². The van der Waals surface area contributed by atoms with Crippen LogP contribution in [0.25, 0.3) is 0 Å². The van der Waals surface area contributed by atoms with E-state index >= 15 is 0 Å². The van der Waals surface area contributed by atoms with Gasteiger partial charge in [-0.2, -0.15) is 21.6 Å². The topological polar surface area (TPSA) is 115 Å². The summed E-state index contributed by atoms with van der Waals surface area (Å²) < 4.78 is 82.5. The molecule has 0 saturated heterocycles. The molecule has 0 radical (unpaired) electrons. The van der Waals surface area contributed by atoms with Crippen LogP contribution in [0.15, 0.2) is 18.2 Å². The van der Waals surface area contributed by atoms with Gasteiger partial charge in [0.1, 0.15) is 11.5 Å². The molecule has 1 unspecified atom stereocenters. The number of halogens is 4. The summed E-state index contributed by atoms with van der Waals surface area (Å²) >= 11 is 0. The lowest BCUT2D eigenvalue weighted by Crippen LogP contribution is -2.35. The van der Waals surface area contributed by atoms with Crippen LogP contribution in [0.2, 0.25) is 0 Å². The normalized spacial score (nSPS) is 15.7. The largest absolute Gasteiger partial charge is 0.465 e. The third-order valence-corrected chi connectivity index (χ3v) is 4.97. The predicted molar refractivity (Wildman–Crippen MR) is 92.4 cm³/mol. The molecule has 14 heteroatoms. The van der Waals surface area contributed by atoms with Crippen molar-refractivity contribution in [3.8, 4) is 0 Å². The van der Waals surface area contributed by atoms with E-state index in [9.17, 15) is 30.8 Å². The maximum absolute atomic E-state index is 13.7. The average Bonchev–Trinajstić information content (AvgIpc) is 3.02. The number of nitrogens with zero attached hydrogens (tertiary/aromatic N) is 4. The molecule has 0 spiro atoms. The molecular weight excluding hydrogens is 436 g/mol. The van der Waals surface area contributed by atoms with Crippen molar-refractivity contribution < 1.29 is 40.1 Å². The molecule has 1 aromatic carbocycles. The summed E-state index contributed by atoms with van der Waals surface area (Å²) in [7, 11) is -4.51. The number of aromatic nitrogens is 3. The third kappa shape index (κ3) is 4.87. The Kier molecular flexibility index (Phi) is 5.73. The molecule has 2 heterocycles. The highest BCUT2D eigenvalue weighted by Crippen LogP contribution is 2.39. The second-order valence-electron chi connectivity index (χ2n) is 6.66. The van der Waals surface area contributed by atoms with Gasteiger partial charge in [0, 0.05) is 13.0 Å². The van der Waals surface area contributed by atoms with Gasteiger partial charge in [-0.3, -0.25) is 4.18 Å². The van der Waals surface area contributed by atoms with Crippen LogP contribution in [0.1, 0.15) is 28.6 Å². The number of carboxylic acid groups (broad SMARTS) is 1. The molecule has 3 rings (SSSR count). The minimum Gasteiger partial charge on any atom is -0.465 e. The SMILES string of the molecule is CS(=O)(=O)OC(c1cc(F)ccc1Cn1nnc2c1CCN(C(=O)O)C2)C(F)(F)F. The summed E-state index contributed by atoms with van der Waals surface area (Å²) in [6.45, 7) is -0.150. The first-order chi connectivity index (χ1) is 13.8. The van der Waals surface area contributed by atoms with Gasteiger partial charge in [-0.15, -0.1) is 5.10 Å². The monoisotopic (exact) mass is 452 g/mol. The fourth-order valence-corrected chi connectivity index (χ4v) is 3.69. The highest BCUT2D eigenvalue weighted by molar-refractivity contribution is 7.86. The van der Waals surface area contributed by atoms with Gasteiger partial charge in [0.05, 0.1) is 25.0 Å². The number of hydrogen-bond donors (Lipinski definition) is 1. The van der Waals surface area contributed by atoms with Crippen LogP contribution in [0.4, 0.5) is 22.4 Å². The summed E-state index contributed by atoms with van der Waals surface area (Å²) in [5.74, 6) is -1.00. The zero-order chi connectivity index (χ0) is 22.3. The van der Waals surface area contributed by atoms with Crippen molar-refractivity contribution in [3.63, 3.8) is 0 Å². The van der Waals surface area contributed by atoms with Crippen LogP contribution in [0.5, 0.6) is 0 Å². The molecule has 9 nitrogen and oxygen atoms in total. The summed E-state index contributed by atoms with van der Waals surface area (Å²) in [5.41, 5.74) is 0.0957. The van der Waals surface area contributed by atoms with Gasteiger partial charge in [-0.25, -0.2) is 13.9 Å². The van der Waals surface area contributed by atoms with E-state index in [4.69, 9.17) is 5.11 Å². The molecule has 1 N–H and O–H groups in total. The summed E-state index contributed by atoms with van der Waals surface area (Å²) in [6, 6.07) is 2.58. The molecule has 1 amide bonds. The van der Waals surface area contributed by atoms with Crippen molar-refractivity contribution in [3.05, 3.63) is 46.5 Å². The van der Waals surface area contributed by atoms with Crippen LogP contribution in [-0.2, 0) is 33.8 Å². The van der Waals surface area contributed by atoms with Crippen LogP contribution < -0.4 is 0 Å². The van der Waals surface area contributed by atoms with Gasteiger partial charge in [0.2, 0.25) is 0 Å². The summed E-state index contributed by atoms with van der Waals surface area (Å²) in [4.78, 5) is 12.2. The van der Waals surface area contributed by atoms with E-state index < -0.39 is 39.9 Å². The molecule has 164 valence electrons. The number of hydrogen-bond acceptors (Lipinski definition) is 6. The number of rotatable bonds is 5.